The SMILES string of the molecule is C[C@@H]1CCCC[C@@H]1N1C(=O)/C(=C/c2ccccc2OCc2cccc(Cl)c2)SC1=Nc1ccccc1. The summed E-state index contributed by atoms with van der Waals surface area (Å²) >= 11 is 7.58. The van der Waals surface area contributed by atoms with Crippen LogP contribution >= 0.6 is 23.4 Å². The lowest BCUT2D eigenvalue weighted by Crippen LogP contribution is -2.44. The Morgan fingerprint density at radius 2 is 1.81 bits per heavy atom. The third-order valence-electron chi connectivity index (χ3n) is 6.70. The summed E-state index contributed by atoms with van der Waals surface area (Å²) in [6.07, 6.45) is 6.44. The van der Waals surface area contributed by atoms with Crippen LogP contribution in [0.2, 0.25) is 5.02 Å². The van der Waals surface area contributed by atoms with Crippen LogP contribution in [0.3, 0.4) is 0 Å². The van der Waals surface area contributed by atoms with Crippen LogP contribution in [0.4, 0.5) is 5.69 Å². The van der Waals surface area contributed by atoms with Gasteiger partial charge in [-0.2, -0.15) is 0 Å². The van der Waals surface area contributed by atoms with Crippen molar-refractivity contribution >= 4 is 46.2 Å². The van der Waals surface area contributed by atoms with E-state index in [0.717, 1.165) is 47.0 Å². The fraction of sp³-hybridized carbons (Fsp3) is 0.267. The highest BCUT2D eigenvalue weighted by Crippen LogP contribution is 2.40. The van der Waals surface area contributed by atoms with Crippen LogP contribution in [0, 0.1) is 5.92 Å². The molecule has 5 rings (SSSR count). The van der Waals surface area contributed by atoms with Gasteiger partial charge in [-0.25, -0.2) is 4.99 Å². The lowest BCUT2D eigenvalue weighted by atomic mass is 9.85. The van der Waals surface area contributed by atoms with E-state index in [1.165, 1.54) is 18.2 Å². The van der Waals surface area contributed by atoms with Crippen molar-refractivity contribution in [1.29, 1.82) is 0 Å². The highest BCUT2D eigenvalue weighted by molar-refractivity contribution is 8.18. The fourth-order valence-electron chi connectivity index (χ4n) is 4.81. The molecule has 1 heterocycles. The molecule has 1 aliphatic heterocycles. The molecule has 1 saturated heterocycles. The number of benzene rings is 3. The Morgan fingerprint density at radius 3 is 2.61 bits per heavy atom. The Bertz CT molecular complexity index is 1290. The summed E-state index contributed by atoms with van der Waals surface area (Å²) in [6, 6.07) is 25.5. The Labute approximate surface area is 222 Å². The second-order valence-electron chi connectivity index (χ2n) is 9.30. The highest BCUT2D eigenvalue weighted by atomic mass is 35.5. The maximum Gasteiger partial charge on any atom is 0.267 e. The van der Waals surface area contributed by atoms with Gasteiger partial charge in [-0.05, 0) is 72.5 Å². The molecule has 0 bridgehead atoms. The number of hydrogen-bond acceptors (Lipinski definition) is 4. The first-order valence-corrected chi connectivity index (χ1v) is 13.6. The van der Waals surface area contributed by atoms with Gasteiger partial charge >= 0.3 is 0 Å². The Balaban J connectivity index is 1.45. The number of aliphatic imine (C=N–C) groups is 1. The molecule has 2 atom stereocenters. The number of thioether (sulfide) groups is 1. The van der Waals surface area contributed by atoms with Gasteiger partial charge in [0.1, 0.15) is 12.4 Å². The van der Waals surface area contributed by atoms with Crippen molar-refractivity contribution in [2.75, 3.05) is 0 Å². The number of para-hydroxylation sites is 2. The molecule has 184 valence electrons. The number of hydrogen-bond donors (Lipinski definition) is 0. The van der Waals surface area contributed by atoms with Crippen LogP contribution < -0.4 is 4.74 Å². The van der Waals surface area contributed by atoms with Crippen molar-refractivity contribution in [1.82, 2.24) is 4.90 Å². The third-order valence-corrected chi connectivity index (χ3v) is 7.92. The topological polar surface area (TPSA) is 41.9 Å². The molecule has 0 N–H and O–H groups in total. The number of ether oxygens (including phenoxy) is 1. The molecule has 4 nitrogen and oxygen atoms in total. The number of halogens is 1. The zero-order valence-electron chi connectivity index (χ0n) is 20.3. The molecule has 36 heavy (non-hydrogen) atoms. The number of nitrogens with zero attached hydrogens (tertiary/aromatic N) is 2. The molecule has 2 aliphatic rings. The van der Waals surface area contributed by atoms with Crippen LogP contribution in [0.15, 0.2) is 88.8 Å². The molecular weight excluding hydrogens is 488 g/mol. The van der Waals surface area contributed by atoms with Crippen molar-refractivity contribution in [3.63, 3.8) is 0 Å². The highest BCUT2D eigenvalue weighted by Gasteiger charge is 2.41. The predicted molar refractivity (Wildman–Crippen MR) is 150 cm³/mol. The van der Waals surface area contributed by atoms with Crippen molar-refractivity contribution in [3.8, 4) is 5.75 Å². The van der Waals surface area contributed by atoms with Crippen LogP contribution in [0.25, 0.3) is 6.08 Å². The van der Waals surface area contributed by atoms with Gasteiger partial charge in [0.05, 0.1) is 10.6 Å². The quantitative estimate of drug-likeness (QED) is 0.311. The first-order chi connectivity index (χ1) is 17.6. The van der Waals surface area contributed by atoms with E-state index in [1.807, 2.05) is 89.8 Å². The molecule has 0 radical (unpaired) electrons. The zero-order valence-corrected chi connectivity index (χ0v) is 21.8. The fourth-order valence-corrected chi connectivity index (χ4v) is 6.06. The molecule has 1 saturated carbocycles. The molecule has 3 aromatic rings. The number of amides is 1. The minimum absolute atomic E-state index is 0.0260. The molecular formula is C30H29ClN2O2S. The average molecular weight is 517 g/mol. The first-order valence-electron chi connectivity index (χ1n) is 12.4. The minimum Gasteiger partial charge on any atom is -0.488 e. The summed E-state index contributed by atoms with van der Waals surface area (Å²) in [5.41, 5.74) is 2.71. The lowest BCUT2D eigenvalue weighted by Gasteiger charge is -2.35. The van der Waals surface area contributed by atoms with Crippen LogP contribution in [-0.4, -0.2) is 22.0 Å². The zero-order chi connectivity index (χ0) is 24.9. The molecule has 2 fully saturated rings. The summed E-state index contributed by atoms with van der Waals surface area (Å²) < 4.78 is 6.14. The van der Waals surface area contributed by atoms with Gasteiger partial charge in [0.2, 0.25) is 0 Å². The van der Waals surface area contributed by atoms with Gasteiger partial charge in [0.25, 0.3) is 5.91 Å². The summed E-state index contributed by atoms with van der Waals surface area (Å²) in [5.74, 6) is 1.19. The van der Waals surface area contributed by atoms with Gasteiger partial charge in [-0.3, -0.25) is 9.69 Å². The lowest BCUT2D eigenvalue weighted by molar-refractivity contribution is -0.124. The van der Waals surface area contributed by atoms with Gasteiger partial charge < -0.3 is 4.74 Å². The summed E-state index contributed by atoms with van der Waals surface area (Å²) in [6.45, 7) is 2.65. The Kier molecular flexibility index (Phi) is 7.78. The average Bonchev–Trinajstić information content (AvgIpc) is 3.18. The Hall–Kier alpha value is -3.02. The maximum absolute atomic E-state index is 13.8. The van der Waals surface area contributed by atoms with E-state index in [1.54, 1.807) is 0 Å². The maximum atomic E-state index is 13.8. The molecule has 3 aromatic carbocycles. The van der Waals surface area contributed by atoms with E-state index in [4.69, 9.17) is 21.3 Å². The normalized spacial score (nSPS) is 22.4. The first kappa shape index (κ1) is 24.7. The molecule has 0 aromatic heterocycles. The summed E-state index contributed by atoms with van der Waals surface area (Å²) in [7, 11) is 0. The van der Waals surface area contributed by atoms with E-state index < -0.39 is 0 Å². The van der Waals surface area contributed by atoms with E-state index in [0.29, 0.717) is 22.5 Å². The molecule has 0 spiro atoms. The number of amidine groups is 1. The minimum atomic E-state index is 0.0260. The van der Waals surface area contributed by atoms with Crippen molar-refractivity contribution in [2.45, 2.75) is 45.3 Å². The number of carbonyl (C=O) groups excluding carboxylic acids is 1. The molecule has 6 heteroatoms. The molecule has 1 aliphatic carbocycles. The summed E-state index contributed by atoms with van der Waals surface area (Å²) in [4.78, 5) is 21.3. The van der Waals surface area contributed by atoms with Gasteiger partial charge in [0, 0.05) is 16.6 Å². The van der Waals surface area contributed by atoms with Crippen molar-refractivity contribution in [2.24, 2.45) is 10.9 Å². The molecule has 1 amide bonds. The van der Waals surface area contributed by atoms with Gasteiger partial charge in [-0.1, -0.05) is 79.9 Å². The number of carbonyl (C=O) groups is 1. The van der Waals surface area contributed by atoms with Crippen molar-refractivity contribution < 1.29 is 9.53 Å². The number of rotatable bonds is 6. The van der Waals surface area contributed by atoms with E-state index in [9.17, 15) is 4.79 Å². The van der Waals surface area contributed by atoms with E-state index in [2.05, 4.69) is 6.92 Å². The van der Waals surface area contributed by atoms with Crippen LogP contribution in [-0.2, 0) is 11.4 Å². The van der Waals surface area contributed by atoms with E-state index in [-0.39, 0.29) is 11.9 Å². The van der Waals surface area contributed by atoms with Crippen LogP contribution in [0.1, 0.15) is 43.7 Å². The standard InChI is InChI=1S/C30H29ClN2O2S/c1-21-10-5-7-16-26(21)33-29(34)28(36-30(33)32-25-14-3-2-4-15-25)19-23-12-6-8-17-27(23)35-20-22-11-9-13-24(31)18-22/h2-4,6,8-9,11-15,17-19,21,26H,5,7,10,16,20H2,1H3/b28-19-,32-30?/t21-,26+/m1/s1. The van der Waals surface area contributed by atoms with Crippen molar-refractivity contribution in [3.05, 3.63) is 99.9 Å². The van der Waals surface area contributed by atoms with Gasteiger partial charge in [0.15, 0.2) is 5.17 Å². The largest absolute Gasteiger partial charge is 0.488 e. The van der Waals surface area contributed by atoms with E-state index >= 15 is 0 Å². The molecule has 0 unspecified atom stereocenters. The summed E-state index contributed by atoms with van der Waals surface area (Å²) in [5, 5.41) is 1.44. The monoisotopic (exact) mass is 516 g/mol. The predicted octanol–water partition coefficient (Wildman–Crippen LogP) is 8.10. The smallest absolute Gasteiger partial charge is 0.267 e. The second kappa shape index (κ2) is 11.4. The second-order valence-corrected chi connectivity index (χ2v) is 10.7. The van der Waals surface area contributed by atoms with Crippen LogP contribution in [0.5, 0.6) is 5.75 Å². The third kappa shape index (κ3) is 5.69. The Morgan fingerprint density at radius 1 is 1.03 bits per heavy atom. The van der Waals surface area contributed by atoms with Gasteiger partial charge in [-0.15, -0.1) is 0 Å².